The van der Waals surface area contributed by atoms with Gasteiger partial charge >= 0.3 is 5.97 Å². The number of nitrogens with zero attached hydrogens (tertiary/aromatic N) is 1. The van der Waals surface area contributed by atoms with Gasteiger partial charge in [-0.3, -0.25) is 9.59 Å². The lowest BCUT2D eigenvalue weighted by Gasteiger charge is -2.16. The average Bonchev–Trinajstić information content (AvgIpc) is 3.28. The van der Waals surface area contributed by atoms with E-state index in [9.17, 15) is 14.7 Å². The number of amides is 1. The van der Waals surface area contributed by atoms with E-state index < -0.39 is 5.97 Å². The van der Waals surface area contributed by atoms with Crippen LogP contribution in [0, 0.1) is 23.7 Å². The molecule has 0 bridgehead atoms. The average molecular weight is 267 g/mol. The number of rotatable bonds is 5. The Hall–Kier alpha value is -1.10. The van der Waals surface area contributed by atoms with Crippen molar-refractivity contribution in [2.24, 2.45) is 23.7 Å². The Labute approximate surface area is 112 Å². The fraction of sp³-hybridized carbons (Fsp3) is 0.857. The Morgan fingerprint density at radius 3 is 2.58 bits per heavy atom. The second-order valence-corrected chi connectivity index (χ2v) is 6.03. The number of carbonyl (C=O) groups is 2. The number of ether oxygens (including phenoxy) is 1. The molecule has 106 valence electrons. The minimum absolute atomic E-state index is 0.0210. The quantitative estimate of drug-likeness (QED) is 0.806. The van der Waals surface area contributed by atoms with Gasteiger partial charge in [0.25, 0.3) is 0 Å². The Bertz CT molecular complexity index is 393. The van der Waals surface area contributed by atoms with Crippen LogP contribution in [0.3, 0.4) is 0 Å². The molecule has 1 amide bonds. The molecule has 0 aromatic carbocycles. The van der Waals surface area contributed by atoms with Crippen molar-refractivity contribution in [3.63, 3.8) is 0 Å². The highest BCUT2D eigenvalue weighted by Crippen LogP contribution is 2.45. The fourth-order valence-electron chi connectivity index (χ4n) is 3.34. The maximum Gasteiger partial charge on any atom is 0.308 e. The molecule has 3 rings (SSSR count). The highest BCUT2D eigenvalue weighted by atomic mass is 16.5. The van der Waals surface area contributed by atoms with E-state index in [4.69, 9.17) is 4.74 Å². The first kappa shape index (κ1) is 12.9. The summed E-state index contributed by atoms with van der Waals surface area (Å²) < 4.78 is 5.44. The predicted molar refractivity (Wildman–Crippen MR) is 67.4 cm³/mol. The minimum atomic E-state index is -0.746. The zero-order valence-electron chi connectivity index (χ0n) is 11.2. The van der Waals surface area contributed by atoms with Gasteiger partial charge in [-0.15, -0.1) is 0 Å². The van der Waals surface area contributed by atoms with Gasteiger partial charge in [0.1, 0.15) is 0 Å². The van der Waals surface area contributed by atoms with Crippen LogP contribution in [0.4, 0.5) is 0 Å². The molecule has 4 atom stereocenters. The molecular weight excluding hydrogens is 246 g/mol. The van der Waals surface area contributed by atoms with Crippen LogP contribution >= 0.6 is 0 Å². The summed E-state index contributed by atoms with van der Waals surface area (Å²) in [6.07, 6.45) is 3.12. The summed E-state index contributed by atoms with van der Waals surface area (Å²) in [7, 11) is 0. The van der Waals surface area contributed by atoms with E-state index in [0.29, 0.717) is 25.6 Å². The van der Waals surface area contributed by atoms with Crippen LogP contribution in [0.5, 0.6) is 0 Å². The van der Waals surface area contributed by atoms with Gasteiger partial charge in [0.05, 0.1) is 17.9 Å². The van der Waals surface area contributed by atoms with E-state index in [1.807, 2.05) is 6.92 Å². The van der Waals surface area contributed by atoms with E-state index in [-0.39, 0.29) is 29.8 Å². The molecule has 3 fully saturated rings. The molecular formula is C14H21NO4. The van der Waals surface area contributed by atoms with Gasteiger partial charge in [-0.2, -0.15) is 0 Å². The van der Waals surface area contributed by atoms with Crippen LogP contribution in [0.15, 0.2) is 0 Å². The monoisotopic (exact) mass is 267 g/mol. The summed E-state index contributed by atoms with van der Waals surface area (Å²) in [5, 5.41) is 9.29. The van der Waals surface area contributed by atoms with Crippen LogP contribution in [-0.4, -0.2) is 47.7 Å². The van der Waals surface area contributed by atoms with Crippen LogP contribution < -0.4 is 0 Å². The first-order valence-corrected chi connectivity index (χ1v) is 7.25. The van der Waals surface area contributed by atoms with Gasteiger partial charge in [-0.1, -0.05) is 0 Å². The molecule has 5 heteroatoms. The van der Waals surface area contributed by atoms with Crippen molar-refractivity contribution < 1.29 is 19.4 Å². The molecule has 1 N–H and O–H groups in total. The first-order valence-electron chi connectivity index (χ1n) is 7.25. The second kappa shape index (κ2) is 4.78. The number of aliphatic carboxylic acids is 1. The van der Waals surface area contributed by atoms with E-state index >= 15 is 0 Å². The Balaban J connectivity index is 1.60. The van der Waals surface area contributed by atoms with Crippen molar-refractivity contribution in [2.45, 2.75) is 32.3 Å². The molecule has 0 radical (unpaired) electrons. The molecule has 2 saturated carbocycles. The summed E-state index contributed by atoms with van der Waals surface area (Å²) in [5.41, 5.74) is 0. The number of hydrogen-bond donors (Lipinski definition) is 1. The van der Waals surface area contributed by atoms with Gasteiger partial charge in [-0.25, -0.2) is 0 Å². The molecule has 19 heavy (non-hydrogen) atoms. The molecule has 0 aromatic heterocycles. The van der Waals surface area contributed by atoms with Crippen molar-refractivity contribution in [3.8, 4) is 0 Å². The topological polar surface area (TPSA) is 66.8 Å². The Morgan fingerprint density at radius 1 is 1.26 bits per heavy atom. The lowest BCUT2D eigenvalue weighted by Crippen LogP contribution is -2.32. The summed E-state index contributed by atoms with van der Waals surface area (Å²) in [6.45, 7) is 3.59. The van der Waals surface area contributed by atoms with Crippen molar-refractivity contribution in [3.05, 3.63) is 0 Å². The third kappa shape index (κ3) is 2.48. The van der Waals surface area contributed by atoms with Crippen molar-refractivity contribution in [1.82, 2.24) is 4.90 Å². The molecule has 1 saturated heterocycles. The molecule has 0 spiro atoms. The Morgan fingerprint density at radius 2 is 2.00 bits per heavy atom. The summed E-state index contributed by atoms with van der Waals surface area (Å²) in [4.78, 5) is 25.4. The minimum Gasteiger partial charge on any atom is -0.481 e. The summed E-state index contributed by atoms with van der Waals surface area (Å²) in [6, 6.07) is 0. The standard InChI is InChI=1S/C14H21NO4/c1-2-19-12-5-9(12)13(16)15-6-10(8-3-4-8)11(7-15)14(17)18/h8-12H,2-7H2,1H3,(H,17,18)/t9?,10-,11+,12?/m1/s1. The van der Waals surface area contributed by atoms with Crippen molar-refractivity contribution >= 4 is 11.9 Å². The number of carbonyl (C=O) groups excluding carboxylic acids is 1. The smallest absolute Gasteiger partial charge is 0.308 e. The lowest BCUT2D eigenvalue weighted by atomic mass is 9.92. The SMILES string of the molecule is CCOC1CC1C(=O)N1C[C@H](C(=O)O)[C@@H](C2CC2)C1. The zero-order chi connectivity index (χ0) is 13.6. The summed E-state index contributed by atoms with van der Waals surface area (Å²) >= 11 is 0. The molecule has 5 nitrogen and oxygen atoms in total. The van der Waals surface area contributed by atoms with Gasteiger partial charge in [-0.05, 0) is 38.0 Å². The number of likely N-dealkylation sites (tertiary alicyclic amines) is 1. The maximum absolute atomic E-state index is 12.3. The van der Waals surface area contributed by atoms with Gasteiger partial charge in [0, 0.05) is 19.7 Å². The number of carboxylic acids is 1. The Kier molecular flexibility index (Phi) is 3.25. The predicted octanol–water partition coefficient (Wildman–Crippen LogP) is 0.981. The van der Waals surface area contributed by atoms with E-state index in [0.717, 1.165) is 19.3 Å². The second-order valence-electron chi connectivity index (χ2n) is 6.03. The van der Waals surface area contributed by atoms with E-state index in [2.05, 4.69) is 0 Å². The van der Waals surface area contributed by atoms with Crippen LogP contribution in [-0.2, 0) is 14.3 Å². The molecule has 3 aliphatic rings. The largest absolute Gasteiger partial charge is 0.481 e. The van der Waals surface area contributed by atoms with Crippen LogP contribution in [0.25, 0.3) is 0 Å². The molecule has 2 aliphatic carbocycles. The summed E-state index contributed by atoms with van der Waals surface area (Å²) in [5.74, 6) is -0.322. The highest BCUT2D eigenvalue weighted by Gasteiger charge is 2.51. The van der Waals surface area contributed by atoms with Crippen molar-refractivity contribution in [1.29, 1.82) is 0 Å². The molecule has 1 heterocycles. The van der Waals surface area contributed by atoms with Crippen molar-refractivity contribution in [2.75, 3.05) is 19.7 Å². The molecule has 2 unspecified atom stereocenters. The van der Waals surface area contributed by atoms with Gasteiger partial charge < -0.3 is 14.7 Å². The molecule has 0 aromatic rings. The lowest BCUT2D eigenvalue weighted by molar-refractivity contribution is -0.142. The fourth-order valence-corrected chi connectivity index (χ4v) is 3.34. The first-order chi connectivity index (χ1) is 9.11. The number of carboxylic acid groups (broad SMARTS) is 1. The molecule has 1 aliphatic heterocycles. The highest BCUT2D eigenvalue weighted by molar-refractivity contribution is 5.83. The third-order valence-corrected chi connectivity index (χ3v) is 4.65. The van der Waals surface area contributed by atoms with E-state index in [1.54, 1.807) is 4.90 Å². The normalized spacial score (nSPS) is 37.4. The van der Waals surface area contributed by atoms with E-state index in [1.165, 1.54) is 0 Å². The van der Waals surface area contributed by atoms with Gasteiger partial charge in [0.2, 0.25) is 5.91 Å². The van der Waals surface area contributed by atoms with Gasteiger partial charge in [0.15, 0.2) is 0 Å². The van der Waals surface area contributed by atoms with Crippen LogP contribution in [0.1, 0.15) is 26.2 Å². The maximum atomic E-state index is 12.3. The third-order valence-electron chi connectivity index (χ3n) is 4.65. The zero-order valence-corrected chi connectivity index (χ0v) is 11.2. The van der Waals surface area contributed by atoms with Crippen LogP contribution in [0.2, 0.25) is 0 Å². The number of hydrogen-bond acceptors (Lipinski definition) is 3.